The minimum Gasteiger partial charge on any atom is -0.381 e. The molecule has 1 aliphatic heterocycles. The number of fused-ring (bicyclic) bond motifs is 5. The van der Waals surface area contributed by atoms with E-state index in [1.165, 1.54) is 11.3 Å². The maximum Gasteiger partial charge on any atom is 0.263 e. The van der Waals surface area contributed by atoms with Gasteiger partial charge in [-0.1, -0.05) is 0 Å². The summed E-state index contributed by atoms with van der Waals surface area (Å²) in [5, 5.41) is 11.1. The summed E-state index contributed by atoms with van der Waals surface area (Å²) in [6, 6.07) is 9.65. The van der Waals surface area contributed by atoms with Gasteiger partial charge in [0.05, 0.1) is 11.2 Å². The Bertz CT molecular complexity index is 1270. The molecule has 5 rings (SSSR count). The van der Waals surface area contributed by atoms with Gasteiger partial charge in [0.25, 0.3) is 5.91 Å². The van der Waals surface area contributed by atoms with Crippen LogP contribution in [0.3, 0.4) is 0 Å². The van der Waals surface area contributed by atoms with Crippen LogP contribution >= 0.6 is 11.3 Å². The average Bonchev–Trinajstić information content (AvgIpc) is 2.98. The predicted octanol–water partition coefficient (Wildman–Crippen LogP) is 4.41. The minimum absolute atomic E-state index is 0.0298. The van der Waals surface area contributed by atoms with Crippen molar-refractivity contribution in [2.45, 2.75) is 13.0 Å². The predicted molar refractivity (Wildman–Crippen MR) is 110 cm³/mol. The quantitative estimate of drug-likeness (QED) is 0.426. The summed E-state index contributed by atoms with van der Waals surface area (Å²) < 4.78 is 27.6. The van der Waals surface area contributed by atoms with Gasteiger partial charge in [-0.3, -0.25) is 4.79 Å². The van der Waals surface area contributed by atoms with Gasteiger partial charge in [0.1, 0.15) is 10.7 Å². The van der Waals surface area contributed by atoms with E-state index in [4.69, 9.17) is 0 Å². The van der Waals surface area contributed by atoms with E-state index in [0.29, 0.717) is 22.8 Å². The highest BCUT2D eigenvalue weighted by atomic mass is 32.1. The van der Waals surface area contributed by atoms with E-state index in [0.717, 1.165) is 33.3 Å². The first-order chi connectivity index (χ1) is 14.0. The molecule has 1 atom stereocenters. The number of hydrogen-bond acceptors (Lipinski definition) is 6. The van der Waals surface area contributed by atoms with Crippen LogP contribution in [0.1, 0.15) is 16.6 Å². The van der Waals surface area contributed by atoms with Crippen LogP contribution < -0.4 is 16.0 Å². The Morgan fingerprint density at radius 3 is 2.72 bits per heavy atom. The van der Waals surface area contributed by atoms with Gasteiger partial charge in [0.15, 0.2) is 0 Å². The number of rotatable bonds is 2. The first-order valence-corrected chi connectivity index (χ1v) is 9.81. The molecule has 0 saturated carbocycles. The number of halogens is 2. The first kappa shape index (κ1) is 17.7. The fourth-order valence-electron chi connectivity index (χ4n) is 3.48. The molecule has 1 amide bonds. The fourth-order valence-corrected chi connectivity index (χ4v) is 4.58. The van der Waals surface area contributed by atoms with Gasteiger partial charge in [-0.2, -0.15) is 13.8 Å². The number of aromatic nitrogens is 2. The SMILES string of the molecule is C[C@H]1CNc2c(sc3ccc4nc(Nc5cc(F)nc(F)c5)ccc4c23)C(=O)N1. The van der Waals surface area contributed by atoms with Crippen molar-refractivity contribution < 1.29 is 13.6 Å². The van der Waals surface area contributed by atoms with Gasteiger partial charge >= 0.3 is 0 Å². The summed E-state index contributed by atoms with van der Waals surface area (Å²) >= 11 is 1.44. The monoisotopic (exact) mass is 411 g/mol. The molecule has 0 radical (unpaired) electrons. The Labute approximate surface area is 168 Å². The number of hydrogen-bond donors (Lipinski definition) is 3. The largest absolute Gasteiger partial charge is 0.381 e. The van der Waals surface area contributed by atoms with Crippen LogP contribution in [0.4, 0.5) is 26.0 Å². The fraction of sp³-hybridized carbons (Fsp3) is 0.150. The Kier molecular flexibility index (Phi) is 4.06. The summed E-state index contributed by atoms with van der Waals surface area (Å²) in [6.45, 7) is 2.58. The van der Waals surface area contributed by atoms with Crippen LogP contribution in [0.2, 0.25) is 0 Å². The molecule has 4 aromatic rings. The molecule has 146 valence electrons. The van der Waals surface area contributed by atoms with Gasteiger partial charge < -0.3 is 16.0 Å². The topological polar surface area (TPSA) is 78.9 Å². The molecule has 0 aliphatic carbocycles. The molecule has 0 unspecified atom stereocenters. The standard InChI is InChI=1S/C20H15F2N5OS/c1-9-8-23-18-17-11-2-5-16(25-10-6-14(21)27-15(22)7-10)26-12(11)3-4-13(17)29-19(18)20(28)24-9/h2-7,9,23H,8H2,1H3,(H,24,28)(H,25,26,27)/t9-/m0/s1. The molecule has 9 heteroatoms. The average molecular weight is 411 g/mol. The molecule has 29 heavy (non-hydrogen) atoms. The van der Waals surface area contributed by atoms with E-state index in [-0.39, 0.29) is 17.6 Å². The lowest BCUT2D eigenvalue weighted by molar-refractivity contribution is 0.0949. The third kappa shape index (κ3) is 3.13. The Morgan fingerprint density at radius 2 is 1.93 bits per heavy atom. The van der Waals surface area contributed by atoms with Crippen molar-refractivity contribution in [3.63, 3.8) is 0 Å². The molecular weight excluding hydrogens is 396 g/mol. The highest BCUT2D eigenvalue weighted by molar-refractivity contribution is 7.21. The lowest BCUT2D eigenvalue weighted by Crippen LogP contribution is -2.34. The molecule has 1 aromatic carbocycles. The van der Waals surface area contributed by atoms with Crippen LogP contribution in [-0.4, -0.2) is 28.5 Å². The zero-order valence-corrected chi connectivity index (χ0v) is 16.0. The third-order valence-electron chi connectivity index (χ3n) is 4.73. The molecule has 6 nitrogen and oxygen atoms in total. The van der Waals surface area contributed by atoms with Crippen molar-refractivity contribution in [3.8, 4) is 0 Å². The smallest absolute Gasteiger partial charge is 0.263 e. The molecule has 0 bridgehead atoms. The van der Waals surface area contributed by atoms with Crippen molar-refractivity contribution in [3.05, 3.63) is 53.2 Å². The zero-order chi connectivity index (χ0) is 20.1. The van der Waals surface area contributed by atoms with Crippen LogP contribution in [0.15, 0.2) is 36.4 Å². The summed E-state index contributed by atoms with van der Waals surface area (Å²) in [5.74, 6) is -1.45. The number of nitrogens with zero attached hydrogens (tertiary/aromatic N) is 2. The number of carbonyl (C=O) groups excluding carboxylic acids is 1. The van der Waals surface area contributed by atoms with E-state index in [1.54, 1.807) is 6.07 Å². The van der Waals surface area contributed by atoms with Gasteiger partial charge in [0, 0.05) is 45.9 Å². The van der Waals surface area contributed by atoms with Gasteiger partial charge in [-0.15, -0.1) is 11.3 Å². The summed E-state index contributed by atoms with van der Waals surface area (Å²) in [4.78, 5) is 20.8. The number of benzene rings is 1. The van der Waals surface area contributed by atoms with Gasteiger partial charge in [-0.05, 0) is 31.2 Å². The lowest BCUT2D eigenvalue weighted by atomic mass is 10.1. The van der Waals surface area contributed by atoms with E-state index < -0.39 is 11.9 Å². The molecule has 0 fully saturated rings. The van der Waals surface area contributed by atoms with Crippen molar-refractivity contribution >= 4 is 55.4 Å². The molecule has 0 saturated heterocycles. The molecule has 3 N–H and O–H groups in total. The van der Waals surface area contributed by atoms with E-state index in [9.17, 15) is 13.6 Å². The normalized spacial score (nSPS) is 16.2. The number of nitrogens with one attached hydrogen (secondary N) is 3. The summed E-state index contributed by atoms with van der Waals surface area (Å²) in [5.41, 5.74) is 1.75. The summed E-state index contributed by atoms with van der Waals surface area (Å²) in [7, 11) is 0. The van der Waals surface area contributed by atoms with Crippen molar-refractivity contribution in [1.29, 1.82) is 0 Å². The van der Waals surface area contributed by atoms with Gasteiger partial charge in [0.2, 0.25) is 11.9 Å². The Morgan fingerprint density at radius 1 is 1.14 bits per heavy atom. The second-order valence-corrected chi connectivity index (χ2v) is 7.94. The number of thiophene rings is 1. The summed E-state index contributed by atoms with van der Waals surface area (Å²) in [6.07, 6.45) is 0. The van der Waals surface area contributed by atoms with Crippen molar-refractivity contribution in [2.24, 2.45) is 0 Å². The molecule has 1 aliphatic rings. The van der Waals surface area contributed by atoms with E-state index >= 15 is 0 Å². The zero-order valence-electron chi connectivity index (χ0n) is 15.2. The van der Waals surface area contributed by atoms with Crippen LogP contribution in [-0.2, 0) is 0 Å². The lowest BCUT2D eigenvalue weighted by Gasteiger charge is -2.10. The van der Waals surface area contributed by atoms with E-state index in [1.807, 2.05) is 25.1 Å². The van der Waals surface area contributed by atoms with Crippen LogP contribution in [0.5, 0.6) is 0 Å². The molecule has 0 spiro atoms. The van der Waals surface area contributed by atoms with Crippen molar-refractivity contribution in [2.75, 3.05) is 17.2 Å². The number of pyridine rings is 2. The molecule has 3 aromatic heterocycles. The first-order valence-electron chi connectivity index (χ1n) is 8.99. The highest BCUT2D eigenvalue weighted by Gasteiger charge is 2.24. The minimum atomic E-state index is -0.908. The molecule has 4 heterocycles. The molecular formula is C20H15F2N5OS. The second-order valence-electron chi connectivity index (χ2n) is 6.89. The van der Waals surface area contributed by atoms with Crippen molar-refractivity contribution in [1.82, 2.24) is 15.3 Å². The number of amides is 1. The van der Waals surface area contributed by atoms with Crippen LogP contribution in [0.25, 0.3) is 21.0 Å². The maximum atomic E-state index is 13.3. The number of anilines is 3. The third-order valence-corrected chi connectivity index (χ3v) is 5.88. The second kappa shape index (κ2) is 6.63. The Balaban J connectivity index is 1.61. The van der Waals surface area contributed by atoms with E-state index in [2.05, 4.69) is 25.9 Å². The van der Waals surface area contributed by atoms with Crippen LogP contribution in [0, 0.1) is 11.9 Å². The maximum absolute atomic E-state index is 13.3. The number of carbonyl (C=O) groups is 1. The highest BCUT2D eigenvalue weighted by Crippen LogP contribution is 2.41. The Hall–Kier alpha value is -3.33. The van der Waals surface area contributed by atoms with Gasteiger partial charge in [-0.25, -0.2) is 4.98 Å².